The van der Waals surface area contributed by atoms with Crippen molar-refractivity contribution in [1.82, 2.24) is 5.43 Å². The van der Waals surface area contributed by atoms with E-state index in [1.165, 1.54) is 24.4 Å². The Bertz CT molecular complexity index is 1000. The molecule has 0 saturated heterocycles. The van der Waals surface area contributed by atoms with Gasteiger partial charge in [-0.3, -0.25) is 10.1 Å². The number of carbonyl (C=O) groups excluding carboxylic acids is 1. The lowest BCUT2D eigenvalue weighted by molar-refractivity contribution is -0.384. The molecule has 0 saturated carbocycles. The van der Waals surface area contributed by atoms with Gasteiger partial charge in [-0.05, 0) is 30.3 Å². The van der Waals surface area contributed by atoms with E-state index in [0.29, 0.717) is 27.8 Å². The molecule has 2 N–H and O–H groups in total. The summed E-state index contributed by atoms with van der Waals surface area (Å²) in [5, 5.41) is 17.6. The van der Waals surface area contributed by atoms with Gasteiger partial charge in [0.05, 0.1) is 16.2 Å². The van der Waals surface area contributed by atoms with Gasteiger partial charge in [0.25, 0.3) is 5.69 Å². The summed E-state index contributed by atoms with van der Waals surface area (Å²) >= 11 is 6.09. The Labute approximate surface area is 158 Å². The summed E-state index contributed by atoms with van der Waals surface area (Å²) in [5.74, 6) is 0.687. The van der Waals surface area contributed by atoms with Crippen LogP contribution in [-0.2, 0) is 0 Å². The second-order valence-electron chi connectivity index (χ2n) is 5.31. The zero-order valence-electron chi connectivity index (χ0n) is 13.8. The van der Waals surface area contributed by atoms with Crippen molar-refractivity contribution in [3.05, 3.63) is 81.6 Å². The second-order valence-corrected chi connectivity index (χ2v) is 5.72. The number of nitrogens with zero attached hydrogens (tertiary/aromatic N) is 2. The van der Waals surface area contributed by atoms with Crippen molar-refractivity contribution in [2.45, 2.75) is 0 Å². The van der Waals surface area contributed by atoms with Crippen LogP contribution in [0.25, 0.3) is 11.3 Å². The molecular weight excluding hydrogens is 372 g/mol. The van der Waals surface area contributed by atoms with Crippen molar-refractivity contribution in [2.75, 3.05) is 5.32 Å². The van der Waals surface area contributed by atoms with Gasteiger partial charge in [-0.1, -0.05) is 29.8 Å². The third-order valence-electron chi connectivity index (χ3n) is 3.44. The first kappa shape index (κ1) is 18.2. The number of nitrogens with one attached hydrogen (secondary N) is 2. The highest BCUT2D eigenvalue weighted by atomic mass is 35.5. The zero-order valence-corrected chi connectivity index (χ0v) is 14.5. The molecule has 9 heteroatoms. The van der Waals surface area contributed by atoms with Crippen molar-refractivity contribution in [3.8, 4) is 11.3 Å². The van der Waals surface area contributed by atoms with E-state index < -0.39 is 11.0 Å². The zero-order chi connectivity index (χ0) is 19.2. The number of halogens is 1. The van der Waals surface area contributed by atoms with Gasteiger partial charge in [0.2, 0.25) is 0 Å². The Morgan fingerprint density at radius 1 is 1.15 bits per heavy atom. The molecule has 2 amide bonds. The number of carbonyl (C=O) groups is 1. The summed E-state index contributed by atoms with van der Waals surface area (Å²) in [6, 6.07) is 15.7. The minimum Gasteiger partial charge on any atom is -0.455 e. The lowest BCUT2D eigenvalue weighted by Crippen LogP contribution is -2.24. The van der Waals surface area contributed by atoms with Crippen molar-refractivity contribution in [3.63, 3.8) is 0 Å². The molecule has 2 aromatic carbocycles. The summed E-state index contributed by atoms with van der Waals surface area (Å²) in [7, 11) is 0. The van der Waals surface area contributed by atoms with Gasteiger partial charge >= 0.3 is 6.03 Å². The van der Waals surface area contributed by atoms with Gasteiger partial charge in [0.15, 0.2) is 0 Å². The Hall–Kier alpha value is -3.65. The van der Waals surface area contributed by atoms with Crippen LogP contribution in [0.1, 0.15) is 5.76 Å². The molecule has 3 aromatic rings. The normalized spacial score (nSPS) is 10.7. The molecule has 0 atom stereocenters. The van der Waals surface area contributed by atoms with E-state index in [9.17, 15) is 14.9 Å². The number of non-ortho nitro benzene ring substituents is 1. The summed E-state index contributed by atoms with van der Waals surface area (Å²) in [4.78, 5) is 22.1. The Balaban J connectivity index is 1.66. The maximum absolute atomic E-state index is 11.7. The number of para-hydroxylation sites is 1. The number of amides is 2. The molecule has 0 unspecified atom stereocenters. The fourth-order valence-electron chi connectivity index (χ4n) is 2.22. The van der Waals surface area contributed by atoms with Gasteiger partial charge < -0.3 is 9.73 Å². The molecule has 8 nitrogen and oxygen atoms in total. The first-order valence-electron chi connectivity index (χ1n) is 7.72. The number of rotatable bonds is 5. The van der Waals surface area contributed by atoms with E-state index >= 15 is 0 Å². The quantitative estimate of drug-likeness (QED) is 0.378. The van der Waals surface area contributed by atoms with E-state index in [2.05, 4.69) is 15.8 Å². The number of hydrogen-bond acceptors (Lipinski definition) is 5. The van der Waals surface area contributed by atoms with Crippen molar-refractivity contribution in [1.29, 1.82) is 0 Å². The Morgan fingerprint density at radius 2 is 1.93 bits per heavy atom. The number of nitro benzene ring substituents is 1. The molecule has 0 bridgehead atoms. The largest absolute Gasteiger partial charge is 0.455 e. The van der Waals surface area contributed by atoms with Crippen LogP contribution in [0.3, 0.4) is 0 Å². The molecule has 0 fully saturated rings. The maximum Gasteiger partial charge on any atom is 0.339 e. The first-order valence-corrected chi connectivity index (χ1v) is 8.10. The van der Waals surface area contributed by atoms with E-state index in [1.54, 1.807) is 36.4 Å². The molecule has 0 radical (unpaired) electrons. The van der Waals surface area contributed by atoms with E-state index in [0.717, 1.165) is 0 Å². The molecule has 0 aliphatic carbocycles. The van der Waals surface area contributed by atoms with E-state index in [-0.39, 0.29) is 5.69 Å². The number of hydrazone groups is 1. The monoisotopic (exact) mass is 384 g/mol. The van der Waals surface area contributed by atoms with Gasteiger partial charge in [-0.15, -0.1) is 0 Å². The minimum atomic E-state index is -0.513. The molecule has 0 aliphatic heterocycles. The van der Waals surface area contributed by atoms with Crippen LogP contribution in [0.15, 0.2) is 70.2 Å². The van der Waals surface area contributed by atoms with Crippen LogP contribution in [0.4, 0.5) is 16.2 Å². The smallest absolute Gasteiger partial charge is 0.339 e. The van der Waals surface area contributed by atoms with Crippen molar-refractivity contribution in [2.24, 2.45) is 5.10 Å². The predicted octanol–water partition coefficient (Wildman–Crippen LogP) is 4.66. The highest BCUT2D eigenvalue weighted by Crippen LogP contribution is 2.32. The fraction of sp³-hybridized carbons (Fsp3) is 0. The molecule has 27 heavy (non-hydrogen) atoms. The molecule has 136 valence electrons. The number of hydrogen-bond donors (Lipinski definition) is 2. The number of benzene rings is 2. The Kier molecular flexibility index (Phi) is 5.48. The van der Waals surface area contributed by atoms with Crippen molar-refractivity contribution < 1.29 is 14.1 Å². The third kappa shape index (κ3) is 4.71. The number of urea groups is 1. The molecule has 0 spiro atoms. The summed E-state index contributed by atoms with van der Waals surface area (Å²) in [5.41, 5.74) is 3.23. The van der Waals surface area contributed by atoms with Crippen LogP contribution in [-0.4, -0.2) is 17.2 Å². The van der Waals surface area contributed by atoms with Crippen LogP contribution >= 0.6 is 11.6 Å². The van der Waals surface area contributed by atoms with Gasteiger partial charge in [0.1, 0.15) is 11.5 Å². The van der Waals surface area contributed by atoms with Gasteiger partial charge in [-0.2, -0.15) is 5.10 Å². The highest BCUT2D eigenvalue weighted by molar-refractivity contribution is 6.33. The summed E-state index contributed by atoms with van der Waals surface area (Å²) in [6.07, 6.45) is 1.30. The van der Waals surface area contributed by atoms with Crippen LogP contribution < -0.4 is 10.7 Å². The van der Waals surface area contributed by atoms with Crippen LogP contribution in [0.5, 0.6) is 0 Å². The number of anilines is 1. The third-order valence-corrected chi connectivity index (χ3v) is 3.77. The summed E-state index contributed by atoms with van der Waals surface area (Å²) in [6.45, 7) is 0. The number of nitro groups is 1. The maximum atomic E-state index is 11.7. The molecule has 3 rings (SSSR count). The SMILES string of the molecule is O=C(N/N=C/c1ccc(-c2cc([N+](=O)[O-])ccc2Cl)o1)Nc1ccccc1. The predicted molar refractivity (Wildman–Crippen MR) is 102 cm³/mol. The molecular formula is C18H13ClN4O4. The average molecular weight is 385 g/mol. The van der Waals surface area contributed by atoms with E-state index in [1.807, 2.05) is 6.07 Å². The first-order chi connectivity index (χ1) is 13.0. The molecule has 1 aromatic heterocycles. The topological polar surface area (TPSA) is 110 Å². The molecule has 1 heterocycles. The van der Waals surface area contributed by atoms with Crippen LogP contribution in [0, 0.1) is 10.1 Å². The van der Waals surface area contributed by atoms with Gasteiger partial charge in [0, 0.05) is 23.4 Å². The average Bonchev–Trinajstić information content (AvgIpc) is 3.11. The molecule has 0 aliphatic rings. The standard InChI is InChI=1S/C18H13ClN4O4/c19-16-8-6-13(23(25)26)10-15(16)17-9-7-14(27-17)11-20-22-18(24)21-12-4-2-1-3-5-12/h1-11H,(H2,21,22,24)/b20-11+. The van der Waals surface area contributed by atoms with Crippen molar-refractivity contribution >= 4 is 35.2 Å². The summed E-state index contributed by atoms with van der Waals surface area (Å²) < 4.78 is 5.56. The van der Waals surface area contributed by atoms with E-state index in [4.69, 9.17) is 16.0 Å². The lowest BCUT2D eigenvalue weighted by atomic mass is 10.1. The second kappa shape index (κ2) is 8.15. The highest BCUT2D eigenvalue weighted by Gasteiger charge is 2.14. The van der Waals surface area contributed by atoms with Crippen LogP contribution in [0.2, 0.25) is 5.02 Å². The number of furan rings is 1. The lowest BCUT2D eigenvalue weighted by Gasteiger charge is -2.02. The fourth-order valence-corrected chi connectivity index (χ4v) is 2.43. The Morgan fingerprint density at radius 3 is 2.67 bits per heavy atom. The van der Waals surface area contributed by atoms with Gasteiger partial charge in [-0.25, -0.2) is 10.2 Å². The minimum absolute atomic E-state index is 0.0970.